The summed E-state index contributed by atoms with van der Waals surface area (Å²) in [7, 11) is 0. The number of nitrogens with one attached hydrogen (secondary N) is 1. The van der Waals surface area contributed by atoms with Gasteiger partial charge in [-0.05, 0) is 6.07 Å². The zero-order valence-corrected chi connectivity index (χ0v) is 8.33. The number of piperazine rings is 1. The molecule has 1 atom stereocenters. The number of carboxylic acid groups (broad SMARTS) is 1. The minimum atomic E-state index is -0.845. The van der Waals surface area contributed by atoms with Crippen molar-refractivity contribution in [1.82, 2.24) is 20.0 Å². The van der Waals surface area contributed by atoms with Crippen LogP contribution < -0.4 is 5.32 Å². The third kappa shape index (κ3) is 2.47. The normalized spacial score (nSPS) is 21.6. The predicted molar refractivity (Wildman–Crippen MR) is 53.6 cm³/mol. The van der Waals surface area contributed by atoms with E-state index >= 15 is 0 Å². The van der Waals surface area contributed by atoms with Crippen LogP contribution in [0.15, 0.2) is 18.5 Å². The molecule has 6 nitrogen and oxygen atoms in total. The predicted octanol–water partition coefficient (Wildman–Crippen LogP) is -0.165. The number of nitrogens with zero attached hydrogens (tertiary/aromatic N) is 3. The molecule has 6 heteroatoms. The molecule has 2 N–H and O–H groups in total. The molecule has 2 heterocycles. The Labute approximate surface area is 87.5 Å². The standard InChI is InChI=1S/C9H14N4O2/c14-9(15)12-5-3-10-8(6-12)7-13-4-1-2-11-13/h1-2,4,8,10H,3,5-7H2,(H,14,15)/t8-/m0/s1. The SMILES string of the molecule is O=C(O)N1CCN[C@H](Cn2cccn2)C1. The van der Waals surface area contributed by atoms with Gasteiger partial charge < -0.3 is 15.3 Å². The molecule has 2 rings (SSSR count). The molecular weight excluding hydrogens is 196 g/mol. The number of rotatable bonds is 2. The van der Waals surface area contributed by atoms with Gasteiger partial charge in [0.2, 0.25) is 0 Å². The first-order valence-corrected chi connectivity index (χ1v) is 4.94. The summed E-state index contributed by atoms with van der Waals surface area (Å²) in [5, 5.41) is 16.2. The first-order valence-electron chi connectivity index (χ1n) is 4.94. The second kappa shape index (κ2) is 4.31. The van der Waals surface area contributed by atoms with Gasteiger partial charge in [0, 0.05) is 38.1 Å². The summed E-state index contributed by atoms with van der Waals surface area (Å²) in [4.78, 5) is 12.2. The van der Waals surface area contributed by atoms with Crippen LogP contribution in [0.3, 0.4) is 0 Å². The number of aromatic nitrogens is 2. The van der Waals surface area contributed by atoms with Crippen molar-refractivity contribution in [3.8, 4) is 0 Å². The van der Waals surface area contributed by atoms with Gasteiger partial charge >= 0.3 is 6.09 Å². The Morgan fingerprint density at radius 3 is 3.20 bits per heavy atom. The quantitative estimate of drug-likeness (QED) is 0.711. The Kier molecular flexibility index (Phi) is 2.86. The van der Waals surface area contributed by atoms with Crippen molar-refractivity contribution in [3.05, 3.63) is 18.5 Å². The lowest BCUT2D eigenvalue weighted by Crippen LogP contribution is -2.53. The van der Waals surface area contributed by atoms with Crippen molar-refractivity contribution in [1.29, 1.82) is 0 Å². The average Bonchev–Trinajstić information content (AvgIpc) is 2.71. The Balaban J connectivity index is 1.90. The van der Waals surface area contributed by atoms with Crippen molar-refractivity contribution < 1.29 is 9.90 Å². The lowest BCUT2D eigenvalue weighted by molar-refractivity contribution is 0.125. The Hall–Kier alpha value is -1.56. The van der Waals surface area contributed by atoms with E-state index in [0.717, 1.165) is 0 Å². The van der Waals surface area contributed by atoms with Gasteiger partial charge in [-0.2, -0.15) is 5.10 Å². The molecule has 0 bridgehead atoms. The van der Waals surface area contributed by atoms with Crippen molar-refractivity contribution in [3.63, 3.8) is 0 Å². The highest BCUT2D eigenvalue weighted by atomic mass is 16.4. The summed E-state index contributed by atoms with van der Waals surface area (Å²) in [6.45, 7) is 2.50. The monoisotopic (exact) mass is 210 g/mol. The zero-order chi connectivity index (χ0) is 10.7. The van der Waals surface area contributed by atoms with Crippen LogP contribution in [0.2, 0.25) is 0 Å². The van der Waals surface area contributed by atoms with Gasteiger partial charge in [-0.1, -0.05) is 0 Å². The molecule has 1 aliphatic heterocycles. The highest BCUT2D eigenvalue weighted by Crippen LogP contribution is 2.01. The first-order chi connectivity index (χ1) is 7.25. The molecule has 1 aromatic heterocycles. The molecule has 1 saturated heterocycles. The summed E-state index contributed by atoms with van der Waals surface area (Å²) < 4.78 is 1.81. The van der Waals surface area contributed by atoms with Crippen LogP contribution in [0.1, 0.15) is 0 Å². The molecule has 1 fully saturated rings. The fourth-order valence-corrected chi connectivity index (χ4v) is 1.76. The van der Waals surface area contributed by atoms with E-state index in [1.807, 2.05) is 16.9 Å². The molecule has 0 saturated carbocycles. The van der Waals surface area contributed by atoms with Crippen LogP contribution in [0.25, 0.3) is 0 Å². The third-order valence-electron chi connectivity index (χ3n) is 2.49. The van der Waals surface area contributed by atoms with E-state index in [1.165, 1.54) is 4.90 Å². The van der Waals surface area contributed by atoms with Gasteiger partial charge in [0.25, 0.3) is 0 Å². The second-order valence-corrected chi connectivity index (χ2v) is 3.61. The number of carbonyl (C=O) groups is 1. The molecule has 15 heavy (non-hydrogen) atoms. The lowest BCUT2D eigenvalue weighted by atomic mass is 10.2. The fraction of sp³-hybridized carbons (Fsp3) is 0.556. The maximum Gasteiger partial charge on any atom is 0.407 e. The van der Waals surface area contributed by atoms with Crippen LogP contribution in [-0.4, -0.2) is 51.6 Å². The van der Waals surface area contributed by atoms with Crippen LogP contribution in [0.4, 0.5) is 4.79 Å². The fourth-order valence-electron chi connectivity index (χ4n) is 1.76. The summed E-state index contributed by atoms with van der Waals surface area (Å²) in [5.41, 5.74) is 0. The summed E-state index contributed by atoms with van der Waals surface area (Å²) in [6.07, 6.45) is 2.75. The van der Waals surface area contributed by atoms with Crippen LogP contribution in [-0.2, 0) is 6.54 Å². The minimum absolute atomic E-state index is 0.148. The van der Waals surface area contributed by atoms with E-state index in [-0.39, 0.29) is 6.04 Å². The van der Waals surface area contributed by atoms with Gasteiger partial charge in [-0.3, -0.25) is 4.68 Å². The Morgan fingerprint density at radius 1 is 1.67 bits per heavy atom. The maximum atomic E-state index is 10.8. The highest BCUT2D eigenvalue weighted by Gasteiger charge is 2.22. The minimum Gasteiger partial charge on any atom is -0.465 e. The van der Waals surface area contributed by atoms with Crippen LogP contribution in [0.5, 0.6) is 0 Å². The molecule has 0 aliphatic carbocycles. The third-order valence-corrected chi connectivity index (χ3v) is 2.49. The lowest BCUT2D eigenvalue weighted by Gasteiger charge is -2.31. The molecule has 1 amide bonds. The van der Waals surface area contributed by atoms with Crippen LogP contribution in [0, 0.1) is 0 Å². The number of hydrogen-bond acceptors (Lipinski definition) is 3. The molecule has 0 spiro atoms. The summed E-state index contributed by atoms with van der Waals surface area (Å²) in [5.74, 6) is 0. The topological polar surface area (TPSA) is 70.4 Å². The second-order valence-electron chi connectivity index (χ2n) is 3.61. The van der Waals surface area contributed by atoms with Crippen molar-refractivity contribution >= 4 is 6.09 Å². The highest BCUT2D eigenvalue weighted by molar-refractivity contribution is 5.65. The molecule has 0 unspecified atom stereocenters. The van der Waals surface area contributed by atoms with E-state index < -0.39 is 6.09 Å². The van der Waals surface area contributed by atoms with E-state index in [2.05, 4.69) is 10.4 Å². The molecule has 0 radical (unpaired) electrons. The average molecular weight is 210 g/mol. The molecule has 1 aliphatic rings. The van der Waals surface area contributed by atoms with Crippen molar-refractivity contribution in [2.75, 3.05) is 19.6 Å². The van der Waals surface area contributed by atoms with E-state index in [0.29, 0.717) is 26.2 Å². The van der Waals surface area contributed by atoms with Gasteiger partial charge in [-0.15, -0.1) is 0 Å². The maximum absolute atomic E-state index is 10.8. The zero-order valence-electron chi connectivity index (χ0n) is 8.33. The first kappa shape index (κ1) is 9.97. The molecular formula is C9H14N4O2. The number of amides is 1. The van der Waals surface area contributed by atoms with Gasteiger partial charge in [0.15, 0.2) is 0 Å². The number of hydrogen-bond donors (Lipinski definition) is 2. The Morgan fingerprint density at radius 2 is 2.53 bits per heavy atom. The van der Waals surface area contributed by atoms with Gasteiger partial charge in [-0.25, -0.2) is 4.79 Å². The summed E-state index contributed by atoms with van der Waals surface area (Å²) >= 11 is 0. The van der Waals surface area contributed by atoms with E-state index in [1.54, 1.807) is 6.20 Å². The van der Waals surface area contributed by atoms with Gasteiger partial charge in [0.1, 0.15) is 0 Å². The Bertz CT molecular complexity index is 325. The van der Waals surface area contributed by atoms with Crippen LogP contribution >= 0.6 is 0 Å². The smallest absolute Gasteiger partial charge is 0.407 e. The molecule has 0 aromatic carbocycles. The van der Waals surface area contributed by atoms with Crippen molar-refractivity contribution in [2.45, 2.75) is 12.6 Å². The van der Waals surface area contributed by atoms with Gasteiger partial charge in [0.05, 0.1) is 6.54 Å². The van der Waals surface area contributed by atoms with Crippen molar-refractivity contribution in [2.24, 2.45) is 0 Å². The van der Waals surface area contributed by atoms with E-state index in [4.69, 9.17) is 5.11 Å². The molecule has 82 valence electrons. The van der Waals surface area contributed by atoms with E-state index in [9.17, 15) is 4.79 Å². The largest absolute Gasteiger partial charge is 0.465 e. The molecule has 1 aromatic rings. The summed E-state index contributed by atoms with van der Waals surface area (Å²) in [6, 6.07) is 2.01.